The summed E-state index contributed by atoms with van der Waals surface area (Å²) in [5, 5.41) is 7.23. The Hall–Kier alpha value is -2.14. The summed E-state index contributed by atoms with van der Waals surface area (Å²) in [5.41, 5.74) is 10.1. The van der Waals surface area contributed by atoms with Crippen molar-refractivity contribution in [2.24, 2.45) is 12.8 Å². The average Bonchev–Trinajstić information content (AvgIpc) is 2.71. The fourth-order valence-electron chi connectivity index (χ4n) is 2.34. The quantitative estimate of drug-likeness (QED) is 0.868. The fraction of sp³-hybridized carbons (Fsp3) is 0.375. The van der Waals surface area contributed by atoms with Crippen molar-refractivity contribution in [2.75, 3.05) is 0 Å². The van der Waals surface area contributed by atoms with E-state index in [9.17, 15) is 4.79 Å². The van der Waals surface area contributed by atoms with Gasteiger partial charge in [-0.25, -0.2) is 0 Å². The van der Waals surface area contributed by atoms with E-state index in [-0.39, 0.29) is 5.91 Å². The standard InChI is InChI=1S/C16H22N4O/c1-11-14(12(2)20(3)19-11)10-18-16(21)15(17)9-13-7-5-4-6-8-13/h4-8,15H,9-10,17H2,1-3H3,(H,18,21)/t15-/m1/s1. The van der Waals surface area contributed by atoms with Gasteiger partial charge >= 0.3 is 0 Å². The van der Waals surface area contributed by atoms with E-state index in [0.717, 1.165) is 22.5 Å². The molecule has 1 aromatic heterocycles. The molecule has 5 nitrogen and oxygen atoms in total. The molecule has 112 valence electrons. The summed E-state index contributed by atoms with van der Waals surface area (Å²) in [6, 6.07) is 9.25. The van der Waals surface area contributed by atoms with Gasteiger partial charge in [0.15, 0.2) is 0 Å². The Bertz CT molecular complexity index is 619. The Morgan fingerprint density at radius 2 is 2.00 bits per heavy atom. The van der Waals surface area contributed by atoms with E-state index in [1.807, 2.05) is 55.9 Å². The monoisotopic (exact) mass is 286 g/mol. The Morgan fingerprint density at radius 1 is 1.33 bits per heavy atom. The first-order valence-electron chi connectivity index (χ1n) is 7.05. The van der Waals surface area contributed by atoms with Gasteiger partial charge in [-0.05, 0) is 25.8 Å². The Labute approximate surface area is 125 Å². The van der Waals surface area contributed by atoms with Crippen molar-refractivity contribution >= 4 is 5.91 Å². The lowest BCUT2D eigenvalue weighted by Gasteiger charge is -2.12. The first kappa shape index (κ1) is 15.3. The van der Waals surface area contributed by atoms with E-state index in [2.05, 4.69) is 10.4 Å². The van der Waals surface area contributed by atoms with Gasteiger partial charge in [-0.2, -0.15) is 5.10 Å². The smallest absolute Gasteiger partial charge is 0.237 e. The molecule has 2 rings (SSSR count). The zero-order chi connectivity index (χ0) is 15.4. The molecule has 0 radical (unpaired) electrons. The van der Waals surface area contributed by atoms with Gasteiger partial charge in [0.2, 0.25) is 5.91 Å². The summed E-state index contributed by atoms with van der Waals surface area (Å²) in [5.74, 6) is -0.137. The van der Waals surface area contributed by atoms with Crippen molar-refractivity contribution in [3.8, 4) is 0 Å². The lowest BCUT2D eigenvalue weighted by Crippen LogP contribution is -2.41. The van der Waals surface area contributed by atoms with E-state index >= 15 is 0 Å². The predicted octanol–water partition coefficient (Wildman–Crippen LogP) is 1.22. The topological polar surface area (TPSA) is 72.9 Å². The summed E-state index contributed by atoms with van der Waals surface area (Å²) < 4.78 is 1.82. The third kappa shape index (κ3) is 3.70. The van der Waals surface area contributed by atoms with Crippen LogP contribution in [0.4, 0.5) is 0 Å². The molecule has 0 fully saturated rings. The van der Waals surface area contributed by atoms with Crippen LogP contribution in [0.3, 0.4) is 0 Å². The minimum absolute atomic E-state index is 0.137. The van der Waals surface area contributed by atoms with Gasteiger partial charge < -0.3 is 11.1 Å². The van der Waals surface area contributed by atoms with Crippen LogP contribution in [0.2, 0.25) is 0 Å². The maximum atomic E-state index is 12.1. The molecule has 21 heavy (non-hydrogen) atoms. The van der Waals surface area contributed by atoms with Crippen LogP contribution >= 0.6 is 0 Å². The highest BCUT2D eigenvalue weighted by Crippen LogP contribution is 2.11. The molecule has 2 aromatic rings. The maximum absolute atomic E-state index is 12.1. The lowest BCUT2D eigenvalue weighted by atomic mass is 10.1. The van der Waals surface area contributed by atoms with Crippen molar-refractivity contribution < 1.29 is 4.79 Å². The molecule has 3 N–H and O–H groups in total. The number of nitrogens with two attached hydrogens (primary N) is 1. The van der Waals surface area contributed by atoms with Gasteiger partial charge in [0.1, 0.15) is 0 Å². The lowest BCUT2D eigenvalue weighted by molar-refractivity contribution is -0.122. The summed E-state index contributed by atoms with van der Waals surface area (Å²) in [7, 11) is 1.90. The molecular weight excluding hydrogens is 264 g/mol. The summed E-state index contributed by atoms with van der Waals surface area (Å²) in [4.78, 5) is 12.1. The molecule has 0 aliphatic carbocycles. The number of carbonyl (C=O) groups is 1. The molecule has 0 aliphatic rings. The first-order chi connectivity index (χ1) is 9.99. The van der Waals surface area contributed by atoms with E-state index in [0.29, 0.717) is 13.0 Å². The normalized spacial score (nSPS) is 12.2. The maximum Gasteiger partial charge on any atom is 0.237 e. The van der Waals surface area contributed by atoms with E-state index in [1.165, 1.54) is 0 Å². The number of amides is 1. The number of aryl methyl sites for hydroxylation is 2. The molecule has 1 amide bonds. The number of benzene rings is 1. The summed E-state index contributed by atoms with van der Waals surface area (Å²) in [6.07, 6.45) is 0.539. The zero-order valence-corrected chi connectivity index (χ0v) is 12.8. The van der Waals surface area contributed by atoms with Crippen LogP contribution in [0.1, 0.15) is 22.5 Å². The number of hydrogen-bond acceptors (Lipinski definition) is 3. The van der Waals surface area contributed by atoms with Gasteiger partial charge in [-0.15, -0.1) is 0 Å². The number of nitrogens with one attached hydrogen (secondary N) is 1. The van der Waals surface area contributed by atoms with Crippen LogP contribution in [-0.2, 0) is 24.8 Å². The SMILES string of the molecule is Cc1nn(C)c(C)c1CNC(=O)[C@H](N)Cc1ccccc1. The van der Waals surface area contributed by atoms with Crippen LogP contribution in [0.5, 0.6) is 0 Å². The van der Waals surface area contributed by atoms with Crippen molar-refractivity contribution in [1.29, 1.82) is 0 Å². The van der Waals surface area contributed by atoms with Crippen LogP contribution in [0.15, 0.2) is 30.3 Å². The van der Waals surface area contributed by atoms with Gasteiger partial charge in [0.05, 0.1) is 11.7 Å². The van der Waals surface area contributed by atoms with Crippen molar-refractivity contribution in [2.45, 2.75) is 32.9 Å². The average molecular weight is 286 g/mol. The molecular formula is C16H22N4O. The summed E-state index contributed by atoms with van der Waals surface area (Å²) in [6.45, 7) is 4.40. The van der Waals surface area contributed by atoms with Crippen LogP contribution in [0, 0.1) is 13.8 Å². The van der Waals surface area contributed by atoms with Crippen LogP contribution in [-0.4, -0.2) is 21.7 Å². The van der Waals surface area contributed by atoms with Gasteiger partial charge in [-0.3, -0.25) is 9.48 Å². The number of hydrogen-bond donors (Lipinski definition) is 2. The minimum atomic E-state index is -0.537. The highest BCUT2D eigenvalue weighted by atomic mass is 16.2. The van der Waals surface area contributed by atoms with E-state index < -0.39 is 6.04 Å². The van der Waals surface area contributed by atoms with Crippen molar-refractivity contribution in [1.82, 2.24) is 15.1 Å². The largest absolute Gasteiger partial charge is 0.351 e. The van der Waals surface area contributed by atoms with Gasteiger partial charge in [0.25, 0.3) is 0 Å². The molecule has 0 bridgehead atoms. The third-order valence-corrected chi connectivity index (χ3v) is 3.73. The van der Waals surface area contributed by atoms with E-state index in [1.54, 1.807) is 0 Å². The van der Waals surface area contributed by atoms with Gasteiger partial charge in [0, 0.05) is 24.8 Å². The number of carbonyl (C=O) groups excluding carboxylic acids is 1. The van der Waals surface area contributed by atoms with Gasteiger partial charge in [-0.1, -0.05) is 30.3 Å². The Kier molecular flexibility index (Phi) is 4.75. The molecule has 0 aliphatic heterocycles. The molecule has 1 aromatic carbocycles. The van der Waals surface area contributed by atoms with Crippen LogP contribution in [0.25, 0.3) is 0 Å². The summed E-state index contributed by atoms with van der Waals surface area (Å²) >= 11 is 0. The highest BCUT2D eigenvalue weighted by Gasteiger charge is 2.15. The Morgan fingerprint density at radius 3 is 2.57 bits per heavy atom. The number of aromatic nitrogens is 2. The second-order valence-corrected chi connectivity index (χ2v) is 5.29. The molecule has 0 unspecified atom stereocenters. The molecule has 0 saturated carbocycles. The van der Waals surface area contributed by atoms with E-state index in [4.69, 9.17) is 5.73 Å². The fourth-order valence-corrected chi connectivity index (χ4v) is 2.34. The second kappa shape index (κ2) is 6.54. The molecule has 0 saturated heterocycles. The second-order valence-electron chi connectivity index (χ2n) is 5.29. The number of nitrogens with zero attached hydrogens (tertiary/aromatic N) is 2. The molecule has 0 spiro atoms. The van der Waals surface area contributed by atoms with Crippen molar-refractivity contribution in [3.63, 3.8) is 0 Å². The molecule has 1 atom stereocenters. The number of rotatable bonds is 5. The zero-order valence-electron chi connectivity index (χ0n) is 12.8. The Balaban J connectivity index is 1.92. The van der Waals surface area contributed by atoms with Crippen molar-refractivity contribution in [3.05, 3.63) is 52.8 Å². The third-order valence-electron chi connectivity index (χ3n) is 3.73. The predicted molar refractivity (Wildman–Crippen MR) is 82.7 cm³/mol. The molecule has 5 heteroatoms. The van der Waals surface area contributed by atoms with Crippen LogP contribution < -0.4 is 11.1 Å². The minimum Gasteiger partial charge on any atom is -0.351 e. The molecule has 1 heterocycles. The highest BCUT2D eigenvalue weighted by molar-refractivity contribution is 5.81. The first-order valence-corrected chi connectivity index (χ1v) is 7.05.